The van der Waals surface area contributed by atoms with E-state index in [1.165, 1.54) is 37.0 Å². The molecule has 1 heteroatoms. The standard InChI is InChI=1S/C8H10Te/c1-6-4-3-5-7(2)8(6)9/h3-5,9H,1-2H3/p+1. The molecule has 1 aromatic carbocycles. The fraction of sp³-hybridized carbons (Fsp3) is 0.250. The van der Waals surface area contributed by atoms with Gasteiger partial charge in [-0.2, -0.15) is 0 Å². The molecule has 0 N–H and O–H groups in total. The van der Waals surface area contributed by atoms with Crippen LogP contribution >= 0.6 is 0 Å². The molecule has 0 aromatic heterocycles. The maximum atomic E-state index is 2.16. The first-order valence-electron chi connectivity index (χ1n) is 2.99. The van der Waals surface area contributed by atoms with Crippen molar-refractivity contribution < 1.29 is 0 Å². The Kier molecular flexibility index (Phi) is 2.16. The molecule has 9 heavy (non-hydrogen) atoms. The molecular weight excluding hydrogens is 224 g/mol. The number of hydrogen-bond donors (Lipinski definition) is 0. The third-order valence-electron chi connectivity index (χ3n) is 1.48. The minimum atomic E-state index is 1.42. The first kappa shape index (κ1) is 7.12. The van der Waals surface area contributed by atoms with Crippen LogP contribution in [0.2, 0.25) is 0 Å². The first-order valence-corrected chi connectivity index (χ1v) is 4.42. The second-order valence-corrected chi connectivity index (χ2v) is 3.69. The summed E-state index contributed by atoms with van der Waals surface area (Å²) in [5, 5.41) is 0. The zero-order valence-corrected chi connectivity index (χ0v) is 8.59. The molecule has 0 unspecified atom stereocenters. The van der Waals surface area contributed by atoms with Gasteiger partial charge in [-0.1, -0.05) is 0 Å². The third-order valence-corrected chi connectivity index (χ3v) is 3.73. The Morgan fingerprint density at radius 1 is 1.11 bits per heavy atom. The van der Waals surface area contributed by atoms with Crippen LogP contribution in [0.1, 0.15) is 11.1 Å². The van der Waals surface area contributed by atoms with Gasteiger partial charge in [-0.05, 0) is 0 Å². The molecule has 0 nitrogen and oxygen atoms in total. The van der Waals surface area contributed by atoms with Gasteiger partial charge < -0.3 is 0 Å². The van der Waals surface area contributed by atoms with Gasteiger partial charge >= 0.3 is 69.1 Å². The molecule has 0 bridgehead atoms. The molecule has 1 rings (SSSR count). The van der Waals surface area contributed by atoms with E-state index in [9.17, 15) is 0 Å². The second kappa shape index (κ2) is 2.73. The van der Waals surface area contributed by atoms with E-state index in [1.807, 2.05) is 0 Å². The van der Waals surface area contributed by atoms with Crippen LogP contribution in [-0.2, 0) is 0 Å². The topological polar surface area (TPSA) is 0 Å². The van der Waals surface area contributed by atoms with Crippen molar-refractivity contribution in [1.29, 1.82) is 0 Å². The number of hydrogen-bond acceptors (Lipinski definition) is 0. The Morgan fingerprint density at radius 2 is 1.56 bits per heavy atom. The van der Waals surface area contributed by atoms with Crippen LogP contribution in [0, 0.1) is 13.8 Å². The quantitative estimate of drug-likeness (QED) is 0.576. The number of aryl methyl sites for hydroxylation is 2. The molecule has 0 radical (unpaired) electrons. The molecule has 0 saturated heterocycles. The number of benzene rings is 1. The van der Waals surface area contributed by atoms with Gasteiger partial charge in [0.05, 0.1) is 0 Å². The molecule has 0 atom stereocenters. The van der Waals surface area contributed by atoms with Gasteiger partial charge in [-0.3, -0.25) is 0 Å². The van der Waals surface area contributed by atoms with Crippen LogP contribution in [0.3, 0.4) is 0 Å². The Hall–Kier alpha value is 0.00961. The fourth-order valence-electron chi connectivity index (χ4n) is 0.814. The summed E-state index contributed by atoms with van der Waals surface area (Å²) in [5.74, 6) is 0. The van der Waals surface area contributed by atoms with Crippen LogP contribution in [0.15, 0.2) is 18.2 Å². The maximum absolute atomic E-state index is 2.16. The predicted molar refractivity (Wildman–Crippen MR) is 44.1 cm³/mol. The van der Waals surface area contributed by atoms with E-state index in [4.69, 9.17) is 0 Å². The van der Waals surface area contributed by atoms with Crippen LogP contribution in [0.25, 0.3) is 0 Å². The third kappa shape index (κ3) is 1.47. The van der Waals surface area contributed by atoms with E-state index in [-0.39, 0.29) is 0 Å². The van der Waals surface area contributed by atoms with Crippen molar-refractivity contribution in [3.8, 4) is 0 Å². The molecule has 0 heterocycles. The van der Waals surface area contributed by atoms with Crippen molar-refractivity contribution in [2.45, 2.75) is 13.8 Å². The van der Waals surface area contributed by atoms with E-state index < -0.39 is 0 Å². The van der Waals surface area contributed by atoms with Crippen molar-refractivity contribution in [2.75, 3.05) is 0 Å². The Labute approximate surface area is 69.2 Å². The molecule has 0 aliphatic rings. The summed E-state index contributed by atoms with van der Waals surface area (Å²) < 4.78 is 1.50. The van der Waals surface area contributed by atoms with Gasteiger partial charge in [-0.25, -0.2) is 0 Å². The van der Waals surface area contributed by atoms with E-state index in [0.29, 0.717) is 0 Å². The van der Waals surface area contributed by atoms with E-state index in [1.54, 1.807) is 0 Å². The van der Waals surface area contributed by atoms with Gasteiger partial charge in [0.1, 0.15) is 0 Å². The zero-order chi connectivity index (χ0) is 6.85. The van der Waals surface area contributed by atoms with Crippen molar-refractivity contribution in [3.05, 3.63) is 29.3 Å². The molecule has 0 aliphatic heterocycles. The average Bonchev–Trinajstić information content (AvgIpc) is 1.83. The van der Waals surface area contributed by atoms with Crippen molar-refractivity contribution in [1.82, 2.24) is 0 Å². The fourth-order valence-corrected chi connectivity index (χ4v) is 1.29. The van der Waals surface area contributed by atoms with Crippen molar-refractivity contribution in [2.24, 2.45) is 0 Å². The van der Waals surface area contributed by atoms with Crippen LogP contribution < -0.4 is 3.61 Å². The van der Waals surface area contributed by atoms with Crippen molar-refractivity contribution >= 4 is 25.9 Å². The summed E-state index contributed by atoms with van der Waals surface area (Å²) in [6, 6.07) is 6.44. The number of rotatable bonds is 0. The molecule has 0 fully saturated rings. The van der Waals surface area contributed by atoms with Crippen LogP contribution in [-0.4, -0.2) is 22.3 Å². The first-order chi connectivity index (χ1) is 4.22. The summed E-state index contributed by atoms with van der Waals surface area (Å²) in [5.41, 5.74) is 2.85. The van der Waals surface area contributed by atoms with E-state index in [2.05, 4.69) is 32.0 Å². The van der Waals surface area contributed by atoms with Crippen molar-refractivity contribution in [3.63, 3.8) is 0 Å². The average molecular weight is 235 g/mol. The molecule has 48 valence electrons. The zero-order valence-electron chi connectivity index (χ0n) is 5.73. The predicted octanol–water partition coefficient (Wildman–Crippen LogP) is 0.562. The summed E-state index contributed by atoms with van der Waals surface area (Å²) in [4.78, 5) is 0. The summed E-state index contributed by atoms with van der Waals surface area (Å²) in [6.07, 6.45) is 0. The van der Waals surface area contributed by atoms with E-state index >= 15 is 0 Å². The Morgan fingerprint density at radius 3 is 1.89 bits per heavy atom. The SMILES string of the molecule is Cc1cccc(C)c1[TeH2+]. The summed E-state index contributed by atoms with van der Waals surface area (Å²) in [6.45, 7) is 4.33. The van der Waals surface area contributed by atoms with Gasteiger partial charge in [-0.15, -0.1) is 0 Å². The van der Waals surface area contributed by atoms with Crippen LogP contribution in [0.5, 0.6) is 0 Å². The normalized spacial score (nSPS) is 9.67. The molecule has 0 amide bonds. The molecule has 1 aromatic rings. The Bertz CT molecular complexity index is 196. The molecule has 0 saturated carbocycles. The van der Waals surface area contributed by atoms with Gasteiger partial charge in [0.25, 0.3) is 0 Å². The molecule has 0 spiro atoms. The van der Waals surface area contributed by atoms with Crippen LogP contribution in [0.4, 0.5) is 0 Å². The van der Waals surface area contributed by atoms with Gasteiger partial charge in [0.15, 0.2) is 0 Å². The second-order valence-electron chi connectivity index (χ2n) is 2.27. The van der Waals surface area contributed by atoms with E-state index in [0.717, 1.165) is 0 Å². The monoisotopic (exact) mass is 237 g/mol. The Balaban J connectivity index is 3.25. The van der Waals surface area contributed by atoms with Gasteiger partial charge in [0, 0.05) is 0 Å². The summed E-state index contributed by atoms with van der Waals surface area (Å²) in [7, 11) is 0. The molecule has 0 aliphatic carbocycles. The van der Waals surface area contributed by atoms with Gasteiger partial charge in [0.2, 0.25) is 0 Å². The summed E-state index contributed by atoms with van der Waals surface area (Å²) >= 11 is 1.52. The minimum absolute atomic E-state index is 1.42. The molecular formula is C8H11Te+.